The highest BCUT2D eigenvalue weighted by Gasteiger charge is 2.24. The standard InChI is InChI=1S/C21H25ClN2O/c1-13-6-2-4-8-17(13)24-21(25)14-10-11-16-19(12-14)23-18-9-5-3-7-15(18)20(16)22/h10-13,17H,2-9H2,1H3,(H,24,25)/t13-,17+/m0/s1. The molecule has 0 radical (unpaired) electrons. The second kappa shape index (κ2) is 6.95. The van der Waals surface area contributed by atoms with Crippen molar-refractivity contribution in [2.75, 3.05) is 0 Å². The molecule has 1 aromatic carbocycles. The SMILES string of the molecule is C[C@H]1CCCC[C@H]1NC(=O)c1ccc2c(Cl)c3c(nc2c1)CCCC3. The van der Waals surface area contributed by atoms with Crippen LogP contribution in [0.25, 0.3) is 10.9 Å². The van der Waals surface area contributed by atoms with Gasteiger partial charge in [-0.15, -0.1) is 0 Å². The first-order valence-electron chi connectivity index (χ1n) is 9.55. The van der Waals surface area contributed by atoms with E-state index in [1.807, 2.05) is 18.2 Å². The van der Waals surface area contributed by atoms with Gasteiger partial charge in [0.25, 0.3) is 5.91 Å². The van der Waals surface area contributed by atoms with Crippen LogP contribution < -0.4 is 5.32 Å². The summed E-state index contributed by atoms with van der Waals surface area (Å²) in [5.74, 6) is 0.564. The lowest BCUT2D eigenvalue weighted by molar-refractivity contribution is 0.0910. The average molecular weight is 357 g/mol. The number of halogens is 1. The fourth-order valence-corrected chi connectivity index (χ4v) is 4.65. The molecule has 4 heteroatoms. The third kappa shape index (κ3) is 3.27. The van der Waals surface area contributed by atoms with Gasteiger partial charge in [-0.2, -0.15) is 0 Å². The third-order valence-corrected chi connectivity index (χ3v) is 6.32. The lowest BCUT2D eigenvalue weighted by Crippen LogP contribution is -2.41. The Labute approximate surface area is 154 Å². The quantitative estimate of drug-likeness (QED) is 0.815. The number of nitrogens with zero attached hydrogens (tertiary/aromatic N) is 1. The van der Waals surface area contributed by atoms with Gasteiger partial charge in [0.1, 0.15) is 0 Å². The number of hydrogen-bond donors (Lipinski definition) is 1. The molecule has 1 saturated carbocycles. The van der Waals surface area contributed by atoms with Crippen molar-refractivity contribution in [3.8, 4) is 0 Å². The Morgan fingerprint density at radius 2 is 1.96 bits per heavy atom. The van der Waals surface area contributed by atoms with Gasteiger partial charge in [-0.05, 0) is 62.1 Å². The van der Waals surface area contributed by atoms with Crippen molar-refractivity contribution in [2.24, 2.45) is 5.92 Å². The normalized spacial score (nSPS) is 23.3. The molecule has 0 bridgehead atoms. The summed E-state index contributed by atoms with van der Waals surface area (Å²) >= 11 is 6.63. The van der Waals surface area contributed by atoms with E-state index in [0.29, 0.717) is 11.5 Å². The minimum absolute atomic E-state index is 0.0105. The predicted molar refractivity (Wildman–Crippen MR) is 102 cm³/mol. The van der Waals surface area contributed by atoms with Gasteiger partial charge in [-0.25, -0.2) is 0 Å². The molecule has 2 atom stereocenters. The van der Waals surface area contributed by atoms with Crippen LogP contribution in [-0.4, -0.2) is 16.9 Å². The molecule has 25 heavy (non-hydrogen) atoms. The summed E-state index contributed by atoms with van der Waals surface area (Å²) in [7, 11) is 0. The minimum atomic E-state index is 0.0105. The van der Waals surface area contributed by atoms with Gasteiger partial charge in [-0.1, -0.05) is 37.4 Å². The van der Waals surface area contributed by atoms with Crippen molar-refractivity contribution in [1.29, 1.82) is 0 Å². The summed E-state index contributed by atoms with van der Waals surface area (Å²) in [5, 5.41) is 5.02. The Kier molecular flexibility index (Phi) is 4.68. The Morgan fingerprint density at radius 3 is 2.80 bits per heavy atom. The molecule has 1 aromatic heterocycles. The number of hydrogen-bond acceptors (Lipinski definition) is 2. The first-order valence-corrected chi connectivity index (χ1v) is 9.93. The van der Waals surface area contributed by atoms with Crippen LogP contribution >= 0.6 is 11.6 Å². The fourth-order valence-electron chi connectivity index (χ4n) is 4.29. The molecule has 2 aliphatic carbocycles. The van der Waals surface area contributed by atoms with Crippen molar-refractivity contribution in [3.05, 3.63) is 40.0 Å². The van der Waals surface area contributed by atoms with Crippen LogP contribution in [0.5, 0.6) is 0 Å². The summed E-state index contributed by atoms with van der Waals surface area (Å²) in [5.41, 5.74) is 3.84. The number of carbonyl (C=O) groups excluding carboxylic acids is 1. The number of rotatable bonds is 2. The highest BCUT2D eigenvalue weighted by Crippen LogP contribution is 2.33. The van der Waals surface area contributed by atoms with Crippen LogP contribution in [0, 0.1) is 5.92 Å². The van der Waals surface area contributed by atoms with Crippen molar-refractivity contribution in [1.82, 2.24) is 10.3 Å². The van der Waals surface area contributed by atoms with Crippen LogP contribution in [0.4, 0.5) is 0 Å². The molecule has 1 fully saturated rings. The van der Waals surface area contributed by atoms with Gasteiger partial charge in [0.2, 0.25) is 0 Å². The number of aromatic nitrogens is 1. The molecule has 0 aliphatic heterocycles. The number of fused-ring (bicyclic) bond motifs is 2. The van der Waals surface area contributed by atoms with Gasteiger partial charge in [0.15, 0.2) is 0 Å². The van der Waals surface area contributed by atoms with E-state index < -0.39 is 0 Å². The van der Waals surface area contributed by atoms with E-state index in [2.05, 4.69) is 12.2 Å². The van der Waals surface area contributed by atoms with Gasteiger partial charge in [-0.3, -0.25) is 9.78 Å². The largest absolute Gasteiger partial charge is 0.349 e. The molecule has 1 N–H and O–H groups in total. The highest BCUT2D eigenvalue weighted by molar-refractivity contribution is 6.36. The van der Waals surface area contributed by atoms with E-state index in [1.165, 1.54) is 37.7 Å². The molecule has 132 valence electrons. The van der Waals surface area contributed by atoms with E-state index in [-0.39, 0.29) is 11.9 Å². The topological polar surface area (TPSA) is 42.0 Å². The first kappa shape index (κ1) is 16.8. The Hall–Kier alpha value is -1.61. The summed E-state index contributed by atoms with van der Waals surface area (Å²) in [6.45, 7) is 2.23. The van der Waals surface area contributed by atoms with Crippen molar-refractivity contribution in [2.45, 2.75) is 64.3 Å². The van der Waals surface area contributed by atoms with Crippen molar-refractivity contribution in [3.63, 3.8) is 0 Å². The zero-order valence-corrected chi connectivity index (χ0v) is 15.5. The van der Waals surface area contributed by atoms with Crippen LogP contribution in [0.3, 0.4) is 0 Å². The fraction of sp³-hybridized carbons (Fsp3) is 0.524. The summed E-state index contributed by atoms with van der Waals surface area (Å²) in [6.07, 6.45) is 9.11. The van der Waals surface area contributed by atoms with E-state index in [1.54, 1.807) is 0 Å². The summed E-state index contributed by atoms with van der Waals surface area (Å²) < 4.78 is 0. The molecule has 0 unspecified atom stereocenters. The van der Waals surface area contributed by atoms with E-state index >= 15 is 0 Å². The maximum atomic E-state index is 12.7. The van der Waals surface area contributed by atoms with Crippen LogP contribution in [0.15, 0.2) is 18.2 Å². The monoisotopic (exact) mass is 356 g/mol. The number of aryl methyl sites for hydroxylation is 1. The number of carbonyl (C=O) groups is 1. The summed E-state index contributed by atoms with van der Waals surface area (Å²) in [4.78, 5) is 17.5. The first-order chi connectivity index (χ1) is 12.1. The van der Waals surface area contributed by atoms with Crippen molar-refractivity contribution >= 4 is 28.4 Å². The molecular weight excluding hydrogens is 332 g/mol. The molecule has 0 saturated heterocycles. The zero-order chi connectivity index (χ0) is 17.4. The highest BCUT2D eigenvalue weighted by atomic mass is 35.5. The number of nitrogens with one attached hydrogen (secondary N) is 1. The number of pyridine rings is 1. The molecule has 1 amide bonds. The maximum Gasteiger partial charge on any atom is 0.251 e. The van der Waals surface area contributed by atoms with Crippen LogP contribution in [0.1, 0.15) is 67.1 Å². The zero-order valence-electron chi connectivity index (χ0n) is 14.8. The third-order valence-electron chi connectivity index (χ3n) is 5.88. The van der Waals surface area contributed by atoms with E-state index in [4.69, 9.17) is 16.6 Å². The van der Waals surface area contributed by atoms with E-state index in [0.717, 1.165) is 40.9 Å². The second-order valence-corrected chi connectivity index (χ2v) is 8.01. The smallest absolute Gasteiger partial charge is 0.251 e. The summed E-state index contributed by atoms with van der Waals surface area (Å²) in [6, 6.07) is 6.03. The van der Waals surface area contributed by atoms with Crippen LogP contribution in [0.2, 0.25) is 5.02 Å². The Balaban J connectivity index is 1.63. The number of benzene rings is 1. The second-order valence-electron chi connectivity index (χ2n) is 7.63. The van der Waals surface area contributed by atoms with Gasteiger partial charge in [0, 0.05) is 22.7 Å². The number of amides is 1. The minimum Gasteiger partial charge on any atom is -0.349 e. The molecule has 0 spiro atoms. The van der Waals surface area contributed by atoms with Gasteiger partial charge in [0.05, 0.1) is 10.5 Å². The molecule has 4 rings (SSSR count). The average Bonchev–Trinajstić information content (AvgIpc) is 2.63. The lowest BCUT2D eigenvalue weighted by Gasteiger charge is -2.29. The lowest BCUT2D eigenvalue weighted by atomic mass is 9.86. The molecule has 2 aliphatic rings. The molecule has 1 heterocycles. The predicted octanol–water partition coefficient (Wildman–Crippen LogP) is 5.08. The molecule has 2 aromatic rings. The Morgan fingerprint density at radius 1 is 1.16 bits per heavy atom. The van der Waals surface area contributed by atoms with Gasteiger partial charge >= 0.3 is 0 Å². The Bertz CT molecular complexity index is 817. The van der Waals surface area contributed by atoms with Crippen LogP contribution in [-0.2, 0) is 12.8 Å². The van der Waals surface area contributed by atoms with Gasteiger partial charge < -0.3 is 5.32 Å². The van der Waals surface area contributed by atoms with Crippen molar-refractivity contribution < 1.29 is 4.79 Å². The maximum absolute atomic E-state index is 12.7. The molecular formula is C21H25ClN2O. The molecule has 3 nitrogen and oxygen atoms in total. The van der Waals surface area contributed by atoms with E-state index in [9.17, 15) is 4.79 Å².